The Morgan fingerprint density at radius 2 is 0.308 bits per heavy atom. The number of benzene rings is 14. The SMILES string of the molecule is c1ccc(-c2ccc(N(c3ccc(-c4ccccc4)cc3)c3ccc(-c4cc5ccc6cc(-c7ccc(N(c8ccc(-c9ccccc9)cc8)c8ccc(-c9ccccc9)cc8)cc7)cc7ccc(c4)c5c67)cc3)cc2)cc1. The fourth-order valence-electron chi connectivity index (χ4n) is 11.4. The maximum absolute atomic E-state index is 2.36. The maximum atomic E-state index is 2.36. The molecule has 0 aromatic heterocycles. The minimum Gasteiger partial charge on any atom is -0.311 e. The van der Waals surface area contributed by atoms with Gasteiger partial charge < -0.3 is 9.80 Å². The minimum atomic E-state index is 1.10. The first kappa shape index (κ1) is 46.3. The van der Waals surface area contributed by atoms with Crippen LogP contribution in [0.15, 0.2) is 315 Å². The highest BCUT2D eigenvalue weighted by Gasteiger charge is 2.18. The summed E-state index contributed by atoms with van der Waals surface area (Å²) in [5.41, 5.74) is 21.0. The summed E-state index contributed by atoms with van der Waals surface area (Å²) in [5.74, 6) is 0. The van der Waals surface area contributed by atoms with Crippen molar-refractivity contribution in [2.24, 2.45) is 0 Å². The van der Waals surface area contributed by atoms with Crippen LogP contribution in [0, 0.1) is 0 Å². The van der Waals surface area contributed by atoms with Crippen molar-refractivity contribution in [3.05, 3.63) is 315 Å². The summed E-state index contributed by atoms with van der Waals surface area (Å²) in [7, 11) is 0. The van der Waals surface area contributed by atoms with E-state index < -0.39 is 0 Å². The van der Waals surface area contributed by atoms with Crippen molar-refractivity contribution in [3.8, 4) is 66.8 Å². The normalized spacial score (nSPS) is 11.3. The first-order chi connectivity index (χ1) is 38.6. The number of hydrogen-bond acceptors (Lipinski definition) is 2. The molecule has 0 aliphatic carbocycles. The van der Waals surface area contributed by atoms with Crippen LogP contribution >= 0.6 is 0 Å². The van der Waals surface area contributed by atoms with E-state index in [2.05, 4.69) is 325 Å². The molecule has 14 aromatic carbocycles. The molecule has 2 heteroatoms. The maximum Gasteiger partial charge on any atom is 0.0462 e. The first-order valence-electron chi connectivity index (χ1n) is 26.8. The molecule has 0 aliphatic rings. The molecule has 0 atom stereocenters. The molecule has 0 saturated carbocycles. The van der Waals surface area contributed by atoms with Gasteiger partial charge in [0.25, 0.3) is 0 Å². The summed E-state index contributed by atoms with van der Waals surface area (Å²) in [5, 5.41) is 7.60. The number of nitrogens with zero attached hydrogens (tertiary/aromatic N) is 2. The Hall–Kier alpha value is -10.3. The van der Waals surface area contributed by atoms with E-state index in [-0.39, 0.29) is 0 Å². The van der Waals surface area contributed by atoms with Gasteiger partial charge >= 0.3 is 0 Å². The van der Waals surface area contributed by atoms with Crippen LogP contribution in [0.3, 0.4) is 0 Å². The van der Waals surface area contributed by atoms with Crippen LogP contribution in [0.1, 0.15) is 0 Å². The van der Waals surface area contributed by atoms with Gasteiger partial charge in [0.05, 0.1) is 0 Å². The monoisotopic (exact) mass is 992 g/mol. The third kappa shape index (κ3) is 8.92. The molecular weight excluding hydrogens is 941 g/mol. The Balaban J connectivity index is 0.763. The van der Waals surface area contributed by atoms with Gasteiger partial charge in [0.1, 0.15) is 0 Å². The van der Waals surface area contributed by atoms with Crippen LogP contribution in [0.5, 0.6) is 0 Å². The first-order valence-corrected chi connectivity index (χ1v) is 26.8. The summed E-state index contributed by atoms with van der Waals surface area (Å²) in [6, 6.07) is 115. The predicted molar refractivity (Wildman–Crippen MR) is 332 cm³/mol. The molecule has 14 aromatic rings. The molecular formula is C76H52N2. The minimum absolute atomic E-state index is 1.10. The van der Waals surface area contributed by atoms with Gasteiger partial charge in [-0.1, -0.05) is 218 Å². The van der Waals surface area contributed by atoms with Gasteiger partial charge in [-0.15, -0.1) is 0 Å². The Kier molecular flexibility index (Phi) is 11.9. The van der Waals surface area contributed by atoms with E-state index in [0.717, 1.165) is 34.1 Å². The van der Waals surface area contributed by atoms with Crippen molar-refractivity contribution in [1.82, 2.24) is 0 Å². The van der Waals surface area contributed by atoms with E-state index in [1.807, 2.05) is 0 Å². The molecule has 0 aliphatic heterocycles. The Labute approximate surface area is 456 Å². The number of hydrogen-bond donors (Lipinski definition) is 0. The molecule has 0 unspecified atom stereocenters. The zero-order chi connectivity index (χ0) is 51.8. The van der Waals surface area contributed by atoms with Gasteiger partial charge in [-0.2, -0.15) is 0 Å². The summed E-state index contributed by atoms with van der Waals surface area (Å²) < 4.78 is 0. The lowest BCUT2D eigenvalue weighted by Crippen LogP contribution is -2.09. The summed E-state index contributed by atoms with van der Waals surface area (Å²) in [6.07, 6.45) is 0. The summed E-state index contributed by atoms with van der Waals surface area (Å²) in [4.78, 5) is 4.70. The molecule has 0 radical (unpaired) electrons. The van der Waals surface area contributed by atoms with Gasteiger partial charge in [0, 0.05) is 34.1 Å². The van der Waals surface area contributed by atoms with Crippen LogP contribution in [0.25, 0.3) is 99.1 Å². The van der Waals surface area contributed by atoms with Gasteiger partial charge in [0.15, 0.2) is 0 Å². The van der Waals surface area contributed by atoms with Crippen LogP contribution in [0.2, 0.25) is 0 Å². The van der Waals surface area contributed by atoms with Crippen LogP contribution in [0.4, 0.5) is 34.1 Å². The van der Waals surface area contributed by atoms with E-state index in [9.17, 15) is 0 Å². The second kappa shape index (κ2) is 20.1. The van der Waals surface area contributed by atoms with Crippen LogP contribution in [-0.4, -0.2) is 0 Å². The Morgan fingerprint density at radius 3 is 0.500 bits per heavy atom. The highest BCUT2D eigenvalue weighted by Crippen LogP contribution is 2.43. The lowest BCUT2D eigenvalue weighted by molar-refractivity contribution is 1.28. The van der Waals surface area contributed by atoms with Crippen molar-refractivity contribution in [3.63, 3.8) is 0 Å². The van der Waals surface area contributed by atoms with Crippen LogP contribution < -0.4 is 9.80 Å². The molecule has 2 nitrogen and oxygen atoms in total. The van der Waals surface area contributed by atoms with Crippen molar-refractivity contribution in [2.75, 3.05) is 9.80 Å². The number of rotatable bonds is 12. The van der Waals surface area contributed by atoms with E-state index in [1.165, 1.54) is 99.1 Å². The highest BCUT2D eigenvalue weighted by atomic mass is 15.1. The van der Waals surface area contributed by atoms with Gasteiger partial charge in [-0.05, 0) is 196 Å². The zero-order valence-electron chi connectivity index (χ0n) is 42.9. The molecule has 366 valence electrons. The Morgan fingerprint density at radius 1 is 0.141 bits per heavy atom. The van der Waals surface area contributed by atoms with Gasteiger partial charge in [0.2, 0.25) is 0 Å². The van der Waals surface area contributed by atoms with Crippen molar-refractivity contribution >= 4 is 66.4 Å². The fraction of sp³-hybridized carbons (Fsp3) is 0. The fourth-order valence-corrected chi connectivity index (χ4v) is 11.4. The number of anilines is 6. The zero-order valence-corrected chi connectivity index (χ0v) is 42.9. The van der Waals surface area contributed by atoms with Gasteiger partial charge in [-0.25, -0.2) is 0 Å². The smallest absolute Gasteiger partial charge is 0.0462 e. The predicted octanol–water partition coefficient (Wildman–Crippen LogP) is 21.5. The molecule has 0 saturated heterocycles. The van der Waals surface area contributed by atoms with Crippen molar-refractivity contribution in [2.45, 2.75) is 0 Å². The van der Waals surface area contributed by atoms with Crippen molar-refractivity contribution < 1.29 is 0 Å². The lowest BCUT2D eigenvalue weighted by Gasteiger charge is -2.26. The second-order valence-corrected chi connectivity index (χ2v) is 20.1. The topological polar surface area (TPSA) is 6.48 Å². The molecule has 78 heavy (non-hydrogen) atoms. The third-order valence-corrected chi connectivity index (χ3v) is 15.4. The van der Waals surface area contributed by atoms with E-state index in [1.54, 1.807) is 0 Å². The molecule has 0 spiro atoms. The van der Waals surface area contributed by atoms with E-state index >= 15 is 0 Å². The van der Waals surface area contributed by atoms with Gasteiger partial charge in [-0.3, -0.25) is 0 Å². The standard InChI is InChI=1S/C76H52N2/c1-5-13-53(14-6-1)57-25-37-69(38-26-57)77(70-39-27-58(28-40-70)54-15-7-2-8-16-54)73-45-33-61(34-46-73)67-49-63-21-23-65-51-68(52-66-24-22-64(50-67)75(63)76(65)66)62-35-47-74(48-36-62)78(71-41-29-59(30-42-71)55-17-9-3-10-18-55)72-43-31-60(32-44-72)56-19-11-4-12-20-56/h1-52H. The third-order valence-electron chi connectivity index (χ3n) is 15.4. The van der Waals surface area contributed by atoms with E-state index in [4.69, 9.17) is 0 Å². The summed E-state index contributed by atoms with van der Waals surface area (Å²) >= 11 is 0. The van der Waals surface area contributed by atoms with Crippen molar-refractivity contribution in [1.29, 1.82) is 0 Å². The quantitative estimate of drug-likeness (QED) is 0.113. The Bertz CT molecular complexity index is 3810. The van der Waals surface area contributed by atoms with Crippen LogP contribution in [-0.2, 0) is 0 Å². The second-order valence-electron chi connectivity index (χ2n) is 20.1. The molecule has 0 N–H and O–H groups in total. The summed E-state index contributed by atoms with van der Waals surface area (Å²) in [6.45, 7) is 0. The molecule has 0 bridgehead atoms. The van der Waals surface area contributed by atoms with E-state index in [0.29, 0.717) is 0 Å². The highest BCUT2D eigenvalue weighted by molar-refractivity contribution is 6.24. The molecule has 0 fully saturated rings. The molecule has 14 rings (SSSR count). The average Bonchev–Trinajstić information content (AvgIpc) is 3.56. The molecule has 0 amide bonds. The molecule has 0 heterocycles. The average molecular weight is 993 g/mol. The lowest BCUT2D eigenvalue weighted by atomic mass is 9.89. The largest absolute Gasteiger partial charge is 0.311 e.